The summed E-state index contributed by atoms with van der Waals surface area (Å²) in [5.41, 5.74) is 4.69. The molecule has 0 spiro atoms. The Bertz CT molecular complexity index is 3610. The van der Waals surface area contributed by atoms with E-state index in [2.05, 4.69) is 41.8 Å². The summed E-state index contributed by atoms with van der Waals surface area (Å²) in [6, 6.07) is 0. The number of H-pyrrole nitrogens is 3. The van der Waals surface area contributed by atoms with Gasteiger partial charge in [-0.3, -0.25) is 42.9 Å². The van der Waals surface area contributed by atoms with Gasteiger partial charge in [0.05, 0.1) is 34.0 Å². The number of fused-ring (bicyclic) bond motifs is 7. The van der Waals surface area contributed by atoms with Crippen LogP contribution in [0.5, 0.6) is 5.88 Å². The van der Waals surface area contributed by atoms with Gasteiger partial charge < -0.3 is 58.4 Å². The molecule has 3 amide bonds. The number of aromatic hydroxyl groups is 1. The van der Waals surface area contributed by atoms with Crippen LogP contribution in [0.4, 0.5) is 0 Å². The van der Waals surface area contributed by atoms with E-state index in [9.17, 15) is 38.7 Å². The number of carbonyl (C=O) groups excluding carboxylic acids is 7. The summed E-state index contributed by atoms with van der Waals surface area (Å²) in [6.07, 6.45) is 8.89. The van der Waals surface area contributed by atoms with Gasteiger partial charge in [0.1, 0.15) is 61.7 Å². The molecule has 6 rings (SSSR count). The highest BCUT2D eigenvalue weighted by molar-refractivity contribution is 6.23. The molecule has 8 bridgehead atoms. The molecule has 2 aliphatic rings. The third-order valence-electron chi connectivity index (χ3n) is 15.4. The molecule has 0 aromatic carbocycles. The fraction of sp³-hybridized carbons (Fsp3) is 0.580. The normalized spacial score (nSPS) is 13.7. The zero-order valence-electron chi connectivity index (χ0n) is 57.4. The lowest BCUT2D eigenvalue weighted by molar-refractivity contribution is -0.164. The Balaban J connectivity index is 1.58. The van der Waals surface area contributed by atoms with Crippen LogP contribution in [0.2, 0.25) is 0 Å². The Labute approximate surface area is 534 Å². The van der Waals surface area contributed by atoms with Crippen molar-refractivity contribution in [3.05, 3.63) is 88.4 Å². The fourth-order valence-electron chi connectivity index (χ4n) is 11.2. The van der Waals surface area contributed by atoms with Crippen LogP contribution in [-0.4, -0.2) is 155 Å². The summed E-state index contributed by atoms with van der Waals surface area (Å²) in [5.74, 6) is -6.53. The summed E-state index contributed by atoms with van der Waals surface area (Å²) in [7, 11) is 0. The first-order valence-electron chi connectivity index (χ1n) is 31.7. The lowest BCUT2D eigenvalue weighted by atomic mass is 9.94. The molecule has 22 nitrogen and oxygen atoms in total. The van der Waals surface area contributed by atoms with E-state index in [0.717, 1.165) is 66.2 Å². The van der Waals surface area contributed by atoms with Crippen molar-refractivity contribution < 1.29 is 62.4 Å². The van der Waals surface area contributed by atoms with Gasteiger partial charge in [-0.25, -0.2) is 4.99 Å². The van der Waals surface area contributed by atoms with E-state index in [4.69, 9.17) is 28.7 Å². The average Bonchev–Trinajstić information content (AvgIpc) is 1.61. The highest BCUT2D eigenvalue weighted by atomic mass is 16.6. The molecule has 0 radical (unpaired) electrons. The molecule has 4 aromatic rings. The number of unbranched alkanes of at least 4 members (excludes halogenated alkanes) is 2. The number of aliphatic imine (C=N–C) groups is 1. The number of aryl methyl sites for hydroxylation is 1. The monoisotopic (exact) mass is 1260 g/mol. The topological polar surface area (TPSA) is 277 Å². The molecule has 1 atom stereocenters. The summed E-state index contributed by atoms with van der Waals surface area (Å²) in [4.78, 5) is 133. The van der Waals surface area contributed by atoms with Gasteiger partial charge in [0.15, 0.2) is 0 Å². The summed E-state index contributed by atoms with van der Waals surface area (Å²) in [6.45, 7) is 31.6. The zero-order chi connectivity index (χ0) is 68.0. The molecule has 0 aliphatic carbocycles. The van der Waals surface area contributed by atoms with E-state index in [-0.39, 0.29) is 36.2 Å². The van der Waals surface area contributed by atoms with Crippen molar-refractivity contribution in [1.29, 1.82) is 0 Å². The molecule has 6 heterocycles. The molecule has 2 aliphatic heterocycles. The predicted molar refractivity (Wildman–Crippen MR) is 350 cm³/mol. The van der Waals surface area contributed by atoms with E-state index in [0.29, 0.717) is 70.6 Å². The van der Waals surface area contributed by atoms with Crippen molar-refractivity contribution >= 4 is 76.4 Å². The molecular weight excluding hydrogens is 1160 g/mol. The van der Waals surface area contributed by atoms with Crippen LogP contribution in [0.15, 0.2) is 26.6 Å². The van der Waals surface area contributed by atoms with Crippen LogP contribution < -0.4 is 16.3 Å². The van der Waals surface area contributed by atoms with E-state index in [1.54, 1.807) is 83.1 Å². The number of amides is 3. The minimum atomic E-state index is -0.997. The van der Waals surface area contributed by atoms with E-state index in [1.807, 2.05) is 46.8 Å². The van der Waals surface area contributed by atoms with Crippen LogP contribution in [0.25, 0.3) is 29.1 Å². The SMILES string of the molecule is CCCCOC(C)c1c2[nH]c(c1C)C=C1N=C(C(CCC(=O)N(CC(=O)N(CC(=O)OC(C)(C)C)CC(=O)OC(C)(C)C)CC(=O)N(CC(=O)OC(C)(C)C)CC(=O)OC(C)(C)C)=C1C)c1c(O)n(CCCC)c(=O)c3c(C)c([nH]c13)C=c1[nH]c(c(C)c1CC)=C2. The standard InChI is InChI=1S/C69H98N8O14/c1-21-24-28-77-64(85)60-42(7)49-31-50-44(23-3)39(4)46(70-50)32-51-59(43(8)87-29-25-22-2)41(6)48(71-51)30-47-40(5)45(62(72-47)61(65(77)86)63(60)73-49)26-27-52(78)74(33-53(79)75(35-55(81)88-66(9,10)11)36-56(82)89-67(12,13)14)34-54(80)76(37-57(83)90-68(15,16)17)38-58(84)91-69(18,19)20/h30-32,43,70-71,73,86H,21-29,33-38H2,1-20H3. The highest BCUT2D eigenvalue weighted by Gasteiger charge is 2.36. The summed E-state index contributed by atoms with van der Waals surface area (Å²) < 4.78 is 30.1. The Morgan fingerprint density at radius 1 is 0.593 bits per heavy atom. The molecule has 4 aromatic heterocycles. The number of hydrogen-bond donors (Lipinski definition) is 4. The molecule has 1 unspecified atom stereocenters. The van der Waals surface area contributed by atoms with Crippen LogP contribution >= 0.6 is 0 Å². The van der Waals surface area contributed by atoms with Crippen LogP contribution in [0, 0.1) is 20.8 Å². The van der Waals surface area contributed by atoms with E-state index < -0.39 is 115 Å². The van der Waals surface area contributed by atoms with Gasteiger partial charge >= 0.3 is 23.9 Å². The van der Waals surface area contributed by atoms with Gasteiger partial charge in [-0.2, -0.15) is 0 Å². The summed E-state index contributed by atoms with van der Waals surface area (Å²) >= 11 is 0. The number of carbonyl (C=O) groups is 7. The third kappa shape index (κ3) is 18.6. The van der Waals surface area contributed by atoms with Crippen molar-refractivity contribution in [2.45, 2.75) is 218 Å². The van der Waals surface area contributed by atoms with Gasteiger partial charge in [-0.1, -0.05) is 33.6 Å². The number of allylic oxidation sites excluding steroid dienone is 2. The number of pyridine rings is 1. The molecule has 0 fully saturated rings. The van der Waals surface area contributed by atoms with Crippen LogP contribution in [-0.2, 0) is 70.2 Å². The van der Waals surface area contributed by atoms with Crippen molar-refractivity contribution in [1.82, 2.24) is 34.2 Å². The largest absolute Gasteiger partial charge is 0.494 e. The maximum Gasteiger partial charge on any atom is 0.326 e. The lowest BCUT2D eigenvalue weighted by Gasteiger charge is -2.30. The molecular formula is C69H98N8O14. The fourth-order valence-corrected chi connectivity index (χ4v) is 11.2. The second-order valence-electron chi connectivity index (χ2n) is 27.7. The predicted octanol–water partition coefficient (Wildman–Crippen LogP) is 8.62. The second-order valence-corrected chi connectivity index (χ2v) is 27.7. The van der Waals surface area contributed by atoms with Crippen LogP contribution in [0.1, 0.15) is 213 Å². The number of rotatable bonds is 24. The molecule has 91 heavy (non-hydrogen) atoms. The van der Waals surface area contributed by atoms with Crippen molar-refractivity contribution in [2.24, 2.45) is 4.99 Å². The smallest absolute Gasteiger partial charge is 0.326 e. The Morgan fingerprint density at radius 2 is 1.07 bits per heavy atom. The minimum absolute atomic E-state index is 0.132. The Morgan fingerprint density at radius 3 is 1.54 bits per heavy atom. The molecule has 22 heteroatoms. The first-order chi connectivity index (χ1) is 42.2. The lowest BCUT2D eigenvalue weighted by Crippen LogP contribution is -2.51. The number of aromatic nitrogens is 4. The Hall–Kier alpha value is -8.01. The van der Waals surface area contributed by atoms with Gasteiger partial charge in [0, 0.05) is 52.9 Å². The molecule has 0 saturated heterocycles. The van der Waals surface area contributed by atoms with Crippen molar-refractivity contribution in [2.75, 3.05) is 45.9 Å². The van der Waals surface area contributed by atoms with E-state index >= 15 is 4.79 Å². The number of nitrogens with zero attached hydrogens (tertiary/aromatic N) is 5. The van der Waals surface area contributed by atoms with Crippen LogP contribution in [0.3, 0.4) is 0 Å². The van der Waals surface area contributed by atoms with Gasteiger partial charge in [-0.15, -0.1) is 0 Å². The van der Waals surface area contributed by atoms with Crippen molar-refractivity contribution in [3.63, 3.8) is 0 Å². The number of aromatic amines is 3. The summed E-state index contributed by atoms with van der Waals surface area (Å²) in [5, 5.41) is 14.7. The number of nitrogens with one attached hydrogen (secondary N) is 3. The number of ether oxygens (including phenoxy) is 5. The average molecular weight is 1260 g/mol. The number of hydrogen-bond acceptors (Lipinski definition) is 15. The quantitative estimate of drug-likeness (QED) is 0.0290. The first-order valence-corrected chi connectivity index (χ1v) is 31.7. The van der Waals surface area contributed by atoms with E-state index in [1.165, 1.54) is 4.57 Å². The zero-order valence-corrected chi connectivity index (χ0v) is 57.4. The van der Waals surface area contributed by atoms with Gasteiger partial charge in [0.2, 0.25) is 23.6 Å². The van der Waals surface area contributed by atoms with Crippen molar-refractivity contribution in [3.8, 4) is 5.88 Å². The molecule has 0 saturated carbocycles. The molecule has 4 N–H and O–H groups in total. The second kappa shape index (κ2) is 29.1. The maximum atomic E-state index is 15.4. The highest BCUT2D eigenvalue weighted by Crippen LogP contribution is 2.40. The third-order valence-corrected chi connectivity index (χ3v) is 15.4. The number of esters is 4. The Kier molecular flexibility index (Phi) is 23.0. The molecule has 498 valence electrons. The maximum absolute atomic E-state index is 15.4. The first kappa shape index (κ1) is 72.1. The minimum Gasteiger partial charge on any atom is -0.494 e. The van der Waals surface area contributed by atoms with Gasteiger partial charge in [-0.05, 0) is 195 Å². The van der Waals surface area contributed by atoms with Gasteiger partial charge in [0.25, 0.3) is 5.56 Å².